The molecule has 1 aromatic carbocycles. The third-order valence-corrected chi connectivity index (χ3v) is 4.82. The van der Waals surface area contributed by atoms with Gasteiger partial charge in [-0.15, -0.1) is 0 Å². The maximum absolute atomic E-state index is 12.6. The van der Waals surface area contributed by atoms with Gasteiger partial charge < -0.3 is 14.4 Å². The number of hydrogen-bond acceptors (Lipinski definition) is 4. The lowest BCUT2D eigenvalue weighted by Crippen LogP contribution is -2.46. The zero-order valence-electron chi connectivity index (χ0n) is 13.5. The van der Waals surface area contributed by atoms with Gasteiger partial charge in [0.05, 0.1) is 25.7 Å². The Morgan fingerprint density at radius 3 is 3.05 bits per heavy atom. The molecule has 0 aliphatic carbocycles. The number of ether oxygens (including phenoxy) is 2. The van der Waals surface area contributed by atoms with E-state index in [0.29, 0.717) is 19.1 Å². The summed E-state index contributed by atoms with van der Waals surface area (Å²) in [6, 6.07) is 8.13. The molecule has 0 unspecified atom stereocenters. The van der Waals surface area contributed by atoms with Crippen LogP contribution in [0.2, 0.25) is 0 Å². The molecule has 3 rings (SSSR count). The predicted octanol–water partition coefficient (Wildman–Crippen LogP) is 1.23. The van der Waals surface area contributed by atoms with Crippen molar-refractivity contribution in [2.45, 2.75) is 6.54 Å². The number of fused-ring (bicyclic) bond motifs is 1. The molecule has 2 fully saturated rings. The van der Waals surface area contributed by atoms with Crippen LogP contribution < -0.4 is 4.74 Å². The van der Waals surface area contributed by atoms with Gasteiger partial charge in [-0.2, -0.15) is 0 Å². The lowest BCUT2D eigenvalue weighted by molar-refractivity contribution is -0.140. The highest BCUT2D eigenvalue weighted by molar-refractivity contribution is 5.84. The Labute approximate surface area is 131 Å². The molecule has 2 saturated heterocycles. The van der Waals surface area contributed by atoms with Crippen LogP contribution in [0.4, 0.5) is 0 Å². The molecule has 0 spiro atoms. The van der Waals surface area contributed by atoms with Crippen LogP contribution in [0.1, 0.15) is 5.56 Å². The fourth-order valence-electron chi connectivity index (χ4n) is 3.74. The van der Waals surface area contributed by atoms with Crippen LogP contribution in [0.3, 0.4) is 0 Å². The first-order valence-electron chi connectivity index (χ1n) is 7.70. The molecular formula is C17H24N2O3. The SMILES string of the molecule is COc1cccc(CN2C[C@@H]3COC[C@]3(C(=O)N(C)C)C2)c1. The van der Waals surface area contributed by atoms with Crippen molar-refractivity contribution in [2.24, 2.45) is 11.3 Å². The molecule has 1 amide bonds. The molecule has 1 aromatic rings. The Morgan fingerprint density at radius 2 is 2.32 bits per heavy atom. The van der Waals surface area contributed by atoms with Crippen molar-refractivity contribution in [2.75, 3.05) is 47.5 Å². The van der Waals surface area contributed by atoms with Crippen molar-refractivity contribution in [1.29, 1.82) is 0 Å². The van der Waals surface area contributed by atoms with Crippen molar-refractivity contribution in [1.82, 2.24) is 9.80 Å². The summed E-state index contributed by atoms with van der Waals surface area (Å²) in [7, 11) is 5.34. The zero-order valence-corrected chi connectivity index (χ0v) is 13.5. The summed E-state index contributed by atoms with van der Waals surface area (Å²) in [6.45, 7) is 3.76. The molecule has 5 heteroatoms. The van der Waals surface area contributed by atoms with Crippen LogP contribution in [0, 0.1) is 11.3 Å². The van der Waals surface area contributed by atoms with Crippen LogP contribution in [0.5, 0.6) is 5.75 Å². The van der Waals surface area contributed by atoms with E-state index in [4.69, 9.17) is 9.47 Å². The number of nitrogens with zero attached hydrogens (tertiary/aromatic N) is 2. The minimum absolute atomic E-state index is 0.197. The van der Waals surface area contributed by atoms with E-state index in [2.05, 4.69) is 17.0 Å². The van der Waals surface area contributed by atoms with E-state index in [0.717, 1.165) is 25.4 Å². The molecule has 0 saturated carbocycles. The monoisotopic (exact) mass is 304 g/mol. The summed E-state index contributed by atoms with van der Waals surface area (Å²) >= 11 is 0. The van der Waals surface area contributed by atoms with Gasteiger partial charge in [0.25, 0.3) is 0 Å². The highest BCUT2D eigenvalue weighted by Crippen LogP contribution is 2.43. The number of amides is 1. The fraction of sp³-hybridized carbons (Fsp3) is 0.588. The van der Waals surface area contributed by atoms with E-state index < -0.39 is 0 Å². The second-order valence-electron chi connectivity index (χ2n) is 6.59. The van der Waals surface area contributed by atoms with E-state index in [9.17, 15) is 4.79 Å². The highest BCUT2D eigenvalue weighted by atomic mass is 16.5. The van der Waals surface area contributed by atoms with E-state index in [1.54, 1.807) is 12.0 Å². The molecule has 0 radical (unpaired) electrons. The smallest absolute Gasteiger partial charge is 0.232 e. The van der Waals surface area contributed by atoms with Crippen molar-refractivity contribution in [3.8, 4) is 5.75 Å². The van der Waals surface area contributed by atoms with E-state index in [1.807, 2.05) is 26.2 Å². The number of carbonyl (C=O) groups is 1. The summed E-state index contributed by atoms with van der Waals surface area (Å²) in [6.07, 6.45) is 0. The lowest BCUT2D eigenvalue weighted by atomic mass is 9.80. The number of likely N-dealkylation sites (tertiary alicyclic amines) is 1. The van der Waals surface area contributed by atoms with Gasteiger partial charge >= 0.3 is 0 Å². The molecule has 2 heterocycles. The Bertz CT molecular complexity index is 561. The first-order valence-corrected chi connectivity index (χ1v) is 7.70. The number of carbonyl (C=O) groups excluding carboxylic acids is 1. The zero-order chi connectivity index (χ0) is 15.7. The number of rotatable bonds is 4. The van der Waals surface area contributed by atoms with E-state index in [1.165, 1.54) is 5.56 Å². The van der Waals surface area contributed by atoms with Gasteiger partial charge in [-0.1, -0.05) is 12.1 Å². The Hall–Kier alpha value is -1.59. The first-order chi connectivity index (χ1) is 10.5. The van der Waals surface area contributed by atoms with Gasteiger partial charge in [-0.3, -0.25) is 9.69 Å². The van der Waals surface area contributed by atoms with Crippen molar-refractivity contribution < 1.29 is 14.3 Å². The Morgan fingerprint density at radius 1 is 1.50 bits per heavy atom. The van der Waals surface area contributed by atoms with Crippen molar-refractivity contribution in [3.63, 3.8) is 0 Å². The lowest BCUT2D eigenvalue weighted by Gasteiger charge is -2.29. The van der Waals surface area contributed by atoms with Gasteiger partial charge in [0, 0.05) is 39.6 Å². The first kappa shape index (κ1) is 15.3. The molecule has 120 valence electrons. The minimum Gasteiger partial charge on any atom is -0.497 e. The number of benzene rings is 1. The fourth-order valence-corrected chi connectivity index (χ4v) is 3.74. The Kier molecular flexibility index (Phi) is 4.10. The third kappa shape index (κ3) is 2.59. The molecule has 2 aliphatic heterocycles. The van der Waals surface area contributed by atoms with E-state index in [-0.39, 0.29) is 11.3 Å². The summed E-state index contributed by atoms with van der Waals surface area (Å²) in [4.78, 5) is 16.7. The van der Waals surface area contributed by atoms with Gasteiger partial charge in [0.1, 0.15) is 5.75 Å². The molecule has 2 aliphatic rings. The maximum atomic E-state index is 12.6. The second-order valence-corrected chi connectivity index (χ2v) is 6.59. The van der Waals surface area contributed by atoms with Crippen LogP contribution in [0.25, 0.3) is 0 Å². The second kappa shape index (κ2) is 5.89. The largest absolute Gasteiger partial charge is 0.497 e. The van der Waals surface area contributed by atoms with Gasteiger partial charge in [-0.25, -0.2) is 0 Å². The average Bonchev–Trinajstić information content (AvgIpc) is 3.04. The number of methoxy groups -OCH3 is 1. The third-order valence-electron chi connectivity index (χ3n) is 4.82. The summed E-state index contributed by atoms with van der Waals surface area (Å²) in [5.74, 6) is 1.37. The topological polar surface area (TPSA) is 42.0 Å². The molecule has 0 bridgehead atoms. The summed E-state index contributed by atoms with van der Waals surface area (Å²) in [5, 5.41) is 0. The summed E-state index contributed by atoms with van der Waals surface area (Å²) in [5.41, 5.74) is 0.857. The van der Waals surface area contributed by atoms with Crippen LogP contribution in [0.15, 0.2) is 24.3 Å². The molecule has 2 atom stereocenters. The van der Waals surface area contributed by atoms with Crippen LogP contribution >= 0.6 is 0 Å². The average molecular weight is 304 g/mol. The van der Waals surface area contributed by atoms with Crippen molar-refractivity contribution in [3.05, 3.63) is 29.8 Å². The van der Waals surface area contributed by atoms with E-state index >= 15 is 0 Å². The number of hydrogen-bond donors (Lipinski definition) is 0. The minimum atomic E-state index is -0.359. The van der Waals surface area contributed by atoms with Gasteiger partial charge in [0.15, 0.2) is 0 Å². The van der Waals surface area contributed by atoms with Crippen LogP contribution in [-0.4, -0.2) is 63.2 Å². The highest BCUT2D eigenvalue weighted by Gasteiger charge is 2.56. The molecule has 0 N–H and O–H groups in total. The predicted molar refractivity (Wildman–Crippen MR) is 83.7 cm³/mol. The van der Waals surface area contributed by atoms with Crippen LogP contribution in [-0.2, 0) is 16.1 Å². The molecule has 22 heavy (non-hydrogen) atoms. The van der Waals surface area contributed by atoms with Gasteiger partial charge in [-0.05, 0) is 17.7 Å². The van der Waals surface area contributed by atoms with Gasteiger partial charge in [0.2, 0.25) is 5.91 Å². The normalized spacial score (nSPS) is 27.7. The maximum Gasteiger partial charge on any atom is 0.232 e. The standard InChI is InChI=1S/C17H24N2O3/c1-18(2)16(20)17-11-19(9-14(17)10-22-12-17)8-13-5-4-6-15(7-13)21-3/h4-7,14H,8-12H2,1-3H3/t14-,17-/m1/s1. The summed E-state index contributed by atoms with van der Waals surface area (Å²) < 4.78 is 10.9. The molecule has 0 aromatic heterocycles. The molecule has 5 nitrogen and oxygen atoms in total. The molecular weight excluding hydrogens is 280 g/mol. The Balaban J connectivity index is 1.74. The quantitative estimate of drug-likeness (QED) is 0.839. The van der Waals surface area contributed by atoms with Crippen molar-refractivity contribution >= 4 is 5.91 Å².